The molecule has 0 spiro atoms. The summed E-state index contributed by atoms with van der Waals surface area (Å²) in [5, 5.41) is 1.14. The van der Waals surface area contributed by atoms with E-state index in [0.29, 0.717) is 0 Å². The van der Waals surface area contributed by atoms with Crippen LogP contribution < -0.4 is 4.74 Å². The minimum absolute atomic E-state index is 0.0201. The average molecular weight is 306 g/mol. The summed E-state index contributed by atoms with van der Waals surface area (Å²) in [6.07, 6.45) is 3.11. The van der Waals surface area contributed by atoms with Crippen LogP contribution in [0.1, 0.15) is 18.7 Å². The summed E-state index contributed by atoms with van der Waals surface area (Å²) in [5.41, 5.74) is 2.39. The van der Waals surface area contributed by atoms with E-state index < -0.39 is 0 Å². The Morgan fingerprint density at radius 3 is 2.64 bits per heavy atom. The summed E-state index contributed by atoms with van der Waals surface area (Å²) in [5.74, 6) is 0.857. The molecule has 0 fully saturated rings. The van der Waals surface area contributed by atoms with Gasteiger partial charge in [-0.2, -0.15) is 0 Å². The third-order valence-electron chi connectivity index (χ3n) is 3.79. The summed E-state index contributed by atoms with van der Waals surface area (Å²) in [6, 6.07) is 6.09. The van der Waals surface area contributed by atoms with Gasteiger partial charge in [-0.25, -0.2) is 0 Å². The predicted molar refractivity (Wildman–Crippen MR) is 88.4 cm³/mol. The first kappa shape index (κ1) is 16.8. The van der Waals surface area contributed by atoms with Crippen molar-refractivity contribution in [2.45, 2.75) is 19.6 Å². The van der Waals surface area contributed by atoms with Crippen molar-refractivity contribution in [3.05, 3.63) is 30.0 Å². The molecule has 0 aliphatic carbocycles. The zero-order valence-corrected chi connectivity index (χ0v) is 14.1. The van der Waals surface area contributed by atoms with E-state index in [0.717, 1.165) is 29.6 Å². The number of aromatic nitrogens is 1. The van der Waals surface area contributed by atoms with Gasteiger partial charge >= 0.3 is 0 Å². The first-order chi connectivity index (χ1) is 10.6. The number of ether oxygens (including phenoxy) is 3. The highest BCUT2D eigenvalue weighted by Crippen LogP contribution is 2.33. The Labute approximate surface area is 132 Å². The molecular formula is C17H26N2O3. The first-order valence-electron chi connectivity index (χ1n) is 7.50. The standard InChI is InChI=1S/C17H26N2O3/c1-13(21-5)19-11-14(9-10-18(2)3)17-15(19)7-6-8-16(17)22-12-20-4/h6-8,11,13H,9-10,12H2,1-5H3. The van der Waals surface area contributed by atoms with Gasteiger partial charge in [-0.1, -0.05) is 6.07 Å². The molecular weight excluding hydrogens is 280 g/mol. The van der Waals surface area contributed by atoms with Crippen LogP contribution >= 0.6 is 0 Å². The van der Waals surface area contributed by atoms with Crippen LogP contribution in [0, 0.1) is 0 Å². The highest BCUT2D eigenvalue weighted by Gasteiger charge is 2.16. The molecule has 0 saturated carbocycles. The Kier molecular flexibility index (Phi) is 5.83. The van der Waals surface area contributed by atoms with E-state index >= 15 is 0 Å². The number of likely N-dealkylation sites (N-methyl/N-ethyl adjacent to an activating group) is 1. The van der Waals surface area contributed by atoms with E-state index in [-0.39, 0.29) is 13.0 Å². The van der Waals surface area contributed by atoms with E-state index in [2.05, 4.69) is 35.8 Å². The van der Waals surface area contributed by atoms with Crippen molar-refractivity contribution in [3.8, 4) is 5.75 Å². The van der Waals surface area contributed by atoms with E-state index in [9.17, 15) is 0 Å². The molecule has 2 aromatic rings. The van der Waals surface area contributed by atoms with Crippen LogP contribution in [0.2, 0.25) is 0 Å². The van der Waals surface area contributed by atoms with E-state index in [1.54, 1.807) is 14.2 Å². The third kappa shape index (κ3) is 3.61. The molecule has 0 radical (unpaired) electrons. The summed E-state index contributed by atoms with van der Waals surface area (Å²) >= 11 is 0. The fraction of sp³-hybridized carbons (Fsp3) is 0.529. The van der Waals surface area contributed by atoms with Gasteiger partial charge in [-0.3, -0.25) is 0 Å². The summed E-state index contributed by atoms with van der Waals surface area (Å²) in [7, 11) is 7.52. The number of rotatable bonds is 8. The lowest BCUT2D eigenvalue weighted by molar-refractivity contribution is 0.0521. The van der Waals surface area contributed by atoms with Gasteiger partial charge in [-0.15, -0.1) is 0 Å². The number of hydrogen-bond acceptors (Lipinski definition) is 4. The topological polar surface area (TPSA) is 35.9 Å². The van der Waals surface area contributed by atoms with E-state index in [1.807, 2.05) is 19.1 Å². The molecule has 0 saturated heterocycles. The SMILES string of the molecule is COCOc1cccc2c1c(CCN(C)C)cn2C(C)OC. The van der Waals surface area contributed by atoms with E-state index in [1.165, 1.54) is 5.56 Å². The Morgan fingerprint density at radius 2 is 2.00 bits per heavy atom. The van der Waals surface area contributed by atoms with Gasteiger partial charge in [-0.05, 0) is 45.1 Å². The van der Waals surface area contributed by atoms with Crippen molar-refractivity contribution in [2.75, 3.05) is 41.7 Å². The van der Waals surface area contributed by atoms with Crippen molar-refractivity contribution >= 4 is 10.9 Å². The van der Waals surface area contributed by atoms with Crippen molar-refractivity contribution in [1.29, 1.82) is 0 Å². The molecule has 1 atom stereocenters. The molecule has 1 heterocycles. The largest absolute Gasteiger partial charge is 0.467 e. The molecule has 5 nitrogen and oxygen atoms in total. The lowest BCUT2D eigenvalue weighted by Crippen LogP contribution is -2.15. The van der Waals surface area contributed by atoms with Gasteiger partial charge in [0.25, 0.3) is 0 Å². The number of fused-ring (bicyclic) bond motifs is 1. The quantitative estimate of drug-likeness (QED) is 0.703. The molecule has 22 heavy (non-hydrogen) atoms. The van der Waals surface area contributed by atoms with Crippen molar-refractivity contribution in [1.82, 2.24) is 9.47 Å². The highest BCUT2D eigenvalue weighted by atomic mass is 16.7. The van der Waals surface area contributed by atoms with Crippen molar-refractivity contribution in [3.63, 3.8) is 0 Å². The third-order valence-corrected chi connectivity index (χ3v) is 3.79. The lowest BCUT2D eigenvalue weighted by atomic mass is 10.1. The predicted octanol–water partition coefficient (Wildman–Crippen LogP) is 2.89. The van der Waals surface area contributed by atoms with Gasteiger partial charge in [0.2, 0.25) is 0 Å². The minimum Gasteiger partial charge on any atom is -0.467 e. The van der Waals surface area contributed by atoms with Crippen molar-refractivity contribution in [2.24, 2.45) is 0 Å². The average Bonchev–Trinajstić information content (AvgIpc) is 2.89. The second-order valence-corrected chi connectivity index (χ2v) is 5.65. The zero-order valence-electron chi connectivity index (χ0n) is 14.1. The fourth-order valence-corrected chi connectivity index (χ4v) is 2.55. The molecule has 1 aromatic heterocycles. The van der Waals surface area contributed by atoms with Crippen LogP contribution in [0.25, 0.3) is 10.9 Å². The van der Waals surface area contributed by atoms with Crippen LogP contribution in [-0.4, -0.2) is 51.1 Å². The summed E-state index contributed by atoms with van der Waals surface area (Å²) in [4.78, 5) is 2.18. The molecule has 0 aliphatic heterocycles. The summed E-state index contributed by atoms with van der Waals surface area (Å²) < 4.78 is 18.4. The van der Waals surface area contributed by atoms with Crippen LogP contribution in [0.3, 0.4) is 0 Å². The van der Waals surface area contributed by atoms with Gasteiger partial charge in [0.1, 0.15) is 12.0 Å². The second kappa shape index (κ2) is 7.63. The molecule has 0 aliphatic rings. The van der Waals surface area contributed by atoms with Gasteiger partial charge in [0, 0.05) is 32.3 Å². The van der Waals surface area contributed by atoms with Gasteiger partial charge in [0.05, 0.1) is 5.52 Å². The van der Waals surface area contributed by atoms with E-state index in [4.69, 9.17) is 14.2 Å². The Hall–Kier alpha value is -1.56. The lowest BCUT2D eigenvalue weighted by Gasteiger charge is -2.13. The fourth-order valence-electron chi connectivity index (χ4n) is 2.55. The molecule has 2 rings (SSSR count). The second-order valence-electron chi connectivity index (χ2n) is 5.65. The Morgan fingerprint density at radius 1 is 1.23 bits per heavy atom. The molecule has 122 valence electrons. The maximum atomic E-state index is 5.75. The van der Waals surface area contributed by atoms with Crippen LogP contribution in [0.5, 0.6) is 5.75 Å². The number of benzene rings is 1. The Bertz CT molecular complexity index is 607. The maximum Gasteiger partial charge on any atom is 0.188 e. The summed E-state index contributed by atoms with van der Waals surface area (Å²) in [6.45, 7) is 3.27. The molecule has 5 heteroatoms. The van der Waals surface area contributed by atoms with Crippen LogP contribution in [-0.2, 0) is 15.9 Å². The zero-order chi connectivity index (χ0) is 16.1. The molecule has 0 amide bonds. The number of hydrogen-bond donors (Lipinski definition) is 0. The number of nitrogens with zero attached hydrogens (tertiary/aromatic N) is 2. The highest BCUT2D eigenvalue weighted by molar-refractivity contribution is 5.90. The molecule has 1 unspecified atom stereocenters. The molecule has 0 bridgehead atoms. The monoisotopic (exact) mass is 306 g/mol. The normalized spacial score (nSPS) is 13.0. The first-order valence-corrected chi connectivity index (χ1v) is 7.50. The van der Waals surface area contributed by atoms with Crippen LogP contribution in [0.4, 0.5) is 0 Å². The van der Waals surface area contributed by atoms with Crippen molar-refractivity contribution < 1.29 is 14.2 Å². The smallest absolute Gasteiger partial charge is 0.188 e. The van der Waals surface area contributed by atoms with Crippen LogP contribution in [0.15, 0.2) is 24.4 Å². The Balaban J connectivity index is 2.49. The number of methoxy groups -OCH3 is 2. The van der Waals surface area contributed by atoms with Gasteiger partial charge < -0.3 is 23.7 Å². The molecule has 0 N–H and O–H groups in total. The maximum absolute atomic E-state index is 5.75. The van der Waals surface area contributed by atoms with Gasteiger partial charge in [0.15, 0.2) is 6.79 Å². The molecule has 1 aromatic carbocycles. The minimum atomic E-state index is -0.0201.